The van der Waals surface area contributed by atoms with Crippen molar-refractivity contribution >= 4 is 21.6 Å². The highest BCUT2D eigenvalue weighted by molar-refractivity contribution is 7.89. The molecule has 4 atom stereocenters. The van der Waals surface area contributed by atoms with Gasteiger partial charge < -0.3 is 24.8 Å². The van der Waals surface area contributed by atoms with Crippen LogP contribution in [-0.4, -0.2) is 56.1 Å². The number of piperidine rings is 1. The van der Waals surface area contributed by atoms with E-state index >= 15 is 0 Å². The van der Waals surface area contributed by atoms with Gasteiger partial charge in [-0.3, -0.25) is 4.79 Å². The summed E-state index contributed by atoms with van der Waals surface area (Å²) in [6.45, 7) is 4.79. The Morgan fingerprint density at radius 3 is 2.31 bits per heavy atom. The molecule has 0 spiro atoms. The Morgan fingerprint density at radius 1 is 0.857 bits per heavy atom. The SMILES string of the molecule is Cc1ccc(S(=O)(=O)N[C@H](Cc2ccccc2)C(=O)Nc2cccc([C@H]3O[C@@H](CN4CCCCC4)C[C@@H](c4ccc(CO)cc4)O3)c2)cc1. The summed E-state index contributed by atoms with van der Waals surface area (Å²) in [5, 5.41) is 12.5. The molecule has 4 aromatic carbocycles. The molecule has 2 aliphatic rings. The minimum absolute atomic E-state index is 0.0206. The summed E-state index contributed by atoms with van der Waals surface area (Å²) in [5.74, 6) is -0.480. The van der Waals surface area contributed by atoms with Gasteiger partial charge >= 0.3 is 0 Å². The van der Waals surface area contributed by atoms with Crippen molar-refractivity contribution in [3.8, 4) is 0 Å². The zero-order chi connectivity index (χ0) is 34.2. The summed E-state index contributed by atoms with van der Waals surface area (Å²) in [4.78, 5) is 16.4. The first-order chi connectivity index (χ1) is 23.8. The van der Waals surface area contributed by atoms with Gasteiger partial charge in [0.1, 0.15) is 6.04 Å². The van der Waals surface area contributed by atoms with Crippen LogP contribution in [0, 0.1) is 6.92 Å². The lowest BCUT2D eigenvalue weighted by molar-refractivity contribution is -0.253. The molecule has 1 amide bonds. The third kappa shape index (κ3) is 9.42. The number of anilines is 1. The second-order valence-electron chi connectivity index (χ2n) is 13.0. The van der Waals surface area contributed by atoms with E-state index in [0.29, 0.717) is 12.1 Å². The number of aliphatic hydroxyl groups excluding tert-OH is 1. The maximum atomic E-state index is 13.8. The Hall–Kier alpha value is -3.90. The molecule has 0 radical (unpaired) electrons. The maximum absolute atomic E-state index is 13.8. The minimum atomic E-state index is -3.98. The molecule has 2 saturated heterocycles. The standard InChI is InChI=1S/C39H45N3O6S/c1-28-13-19-35(20-14-28)49(45,46)41-36(23-29-9-4-2-5-10-29)38(44)40-33-12-8-11-32(24-33)39-47-34(26-42-21-6-3-7-22-42)25-37(48-39)31-17-15-30(27-43)16-18-31/h2,4-5,8-20,24,34,36-37,39,41,43H,3,6-7,21-23,25-27H2,1H3,(H,40,44)/t34-,36-,37+,39+/m1/s1. The number of nitrogens with one attached hydrogen (secondary N) is 2. The molecule has 0 saturated carbocycles. The lowest BCUT2D eigenvalue weighted by atomic mass is 9.99. The van der Waals surface area contributed by atoms with Crippen LogP contribution in [0.2, 0.25) is 0 Å². The second kappa shape index (κ2) is 16.2. The van der Waals surface area contributed by atoms with E-state index in [4.69, 9.17) is 9.47 Å². The predicted molar refractivity (Wildman–Crippen MR) is 189 cm³/mol. The molecular formula is C39H45N3O6S. The zero-order valence-electron chi connectivity index (χ0n) is 27.8. The van der Waals surface area contributed by atoms with Crippen molar-refractivity contribution in [3.63, 3.8) is 0 Å². The molecule has 0 unspecified atom stereocenters. The molecule has 3 N–H and O–H groups in total. The molecule has 2 fully saturated rings. The van der Waals surface area contributed by atoms with Crippen LogP contribution in [0.5, 0.6) is 0 Å². The Bertz CT molecular complexity index is 1780. The van der Waals surface area contributed by atoms with Crippen molar-refractivity contribution in [1.82, 2.24) is 9.62 Å². The first-order valence-corrected chi connectivity index (χ1v) is 18.5. The van der Waals surface area contributed by atoms with Crippen molar-refractivity contribution in [1.29, 1.82) is 0 Å². The molecule has 6 rings (SSSR count). The monoisotopic (exact) mass is 683 g/mol. The van der Waals surface area contributed by atoms with Crippen molar-refractivity contribution in [2.45, 2.75) is 75.1 Å². The van der Waals surface area contributed by atoms with E-state index in [1.165, 1.54) is 31.4 Å². The van der Waals surface area contributed by atoms with Crippen molar-refractivity contribution in [2.24, 2.45) is 0 Å². The fourth-order valence-corrected chi connectivity index (χ4v) is 7.66. The first kappa shape index (κ1) is 34.9. The smallest absolute Gasteiger partial charge is 0.242 e. The number of aryl methyl sites for hydroxylation is 1. The Morgan fingerprint density at radius 2 is 1.59 bits per heavy atom. The van der Waals surface area contributed by atoms with Crippen LogP contribution in [0.3, 0.4) is 0 Å². The molecule has 10 heteroatoms. The van der Waals surface area contributed by atoms with Crippen molar-refractivity contribution < 1.29 is 27.8 Å². The van der Waals surface area contributed by atoms with Gasteiger partial charge in [0.2, 0.25) is 15.9 Å². The van der Waals surface area contributed by atoms with Crippen LogP contribution in [0.15, 0.2) is 108 Å². The van der Waals surface area contributed by atoms with Gasteiger partial charge in [-0.1, -0.05) is 90.8 Å². The lowest BCUT2D eigenvalue weighted by Crippen LogP contribution is -2.45. The zero-order valence-corrected chi connectivity index (χ0v) is 28.6. The number of nitrogens with zero attached hydrogens (tertiary/aromatic N) is 1. The summed E-state index contributed by atoms with van der Waals surface area (Å²) in [5.41, 5.74) is 4.87. The number of carbonyl (C=O) groups is 1. The molecule has 0 bridgehead atoms. The Labute approximate surface area is 289 Å². The number of rotatable bonds is 12. The van der Waals surface area contributed by atoms with Gasteiger partial charge in [-0.2, -0.15) is 4.72 Å². The van der Waals surface area contributed by atoms with E-state index in [0.717, 1.165) is 47.5 Å². The second-order valence-corrected chi connectivity index (χ2v) is 14.7. The van der Waals surface area contributed by atoms with E-state index in [-0.39, 0.29) is 30.1 Å². The van der Waals surface area contributed by atoms with E-state index in [1.54, 1.807) is 18.2 Å². The van der Waals surface area contributed by atoms with Crippen LogP contribution >= 0.6 is 0 Å². The van der Waals surface area contributed by atoms with Crippen LogP contribution in [0.25, 0.3) is 0 Å². The molecule has 0 aliphatic carbocycles. The molecule has 258 valence electrons. The third-order valence-electron chi connectivity index (χ3n) is 9.18. The van der Waals surface area contributed by atoms with E-state index < -0.39 is 28.3 Å². The van der Waals surface area contributed by atoms with Gasteiger partial charge in [0.15, 0.2) is 6.29 Å². The highest BCUT2D eigenvalue weighted by Crippen LogP contribution is 2.39. The highest BCUT2D eigenvalue weighted by Gasteiger charge is 2.34. The number of aliphatic hydroxyl groups is 1. The van der Waals surface area contributed by atoms with Gasteiger partial charge in [-0.15, -0.1) is 0 Å². The van der Waals surface area contributed by atoms with Crippen molar-refractivity contribution in [2.75, 3.05) is 25.0 Å². The minimum Gasteiger partial charge on any atom is -0.392 e. The number of amides is 1. The van der Waals surface area contributed by atoms with Crippen LogP contribution in [0.4, 0.5) is 5.69 Å². The number of hydrogen-bond donors (Lipinski definition) is 3. The normalized spacial score (nSPS) is 20.8. The molecule has 4 aromatic rings. The van der Waals surface area contributed by atoms with Gasteiger partial charge in [-0.05, 0) is 80.2 Å². The topological polar surface area (TPSA) is 117 Å². The number of sulfonamides is 1. The van der Waals surface area contributed by atoms with Gasteiger partial charge in [-0.25, -0.2) is 8.42 Å². The quantitative estimate of drug-likeness (QED) is 0.167. The first-order valence-electron chi connectivity index (χ1n) is 17.0. The van der Waals surface area contributed by atoms with Gasteiger partial charge in [0.25, 0.3) is 0 Å². The fraction of sp³-hybridized carbons (Fsp3) is 0.359. The Balaban J connectivity index is 1.21. The third-order valence-corrected chi connectivity index (χ3v) is 10.7. The fourth-order valence-electron chi connectivity index (χ4n) is 6.47. The summed E-state index contributed by atoms with van der Waals surface area (Å²) in [7, 11) is -3.98. The van der Waals surface area contributed by atoms with Crippen LogP contribution in [-0.2, 0) is 37.3 Å². The average molecular weight is 684 g/mol. The van der Waals surface area contributed by atoms with E-state index in [9.17, 15) is 18.3 Å². The largest absolute Gasteiger partial charge is 0.392 e. The van der Waals surface area contributed by atoms with Crippen LogP contribution in [0.1, 0.15) is 65.9 Å². The summed E-state index contributed by atoms with van der Waals surface area (Å²) < 4.78 is 42.5. The van der Waals surface area contributed by atoms with Gasteiger partial charge in [0, 0.05) is 24.2 Å². The molecule has 0 aromatic heterocycles. The lowest BCUT2D eigenvalue weighted by Gasteiger charge is -2.39. The summed E-state index contributed by atoms with van der Waals surface area (Å²) >= 11 is 0. The highest BCUT2D eigenvalue weighted by atomic mass is 32.2. The van der Waals surface area contributed by atoms with Crippen LogP contribution < -0.4 is 10.0 Å². The number of benzene rings is 4. The molecule has 9 nitrogen and oxygen atoms in total. The summed E-state index contributed by atoms with van der Waals surface area (Å²) in [6, 6.07) is 30.0. The Kier molecular flexibility index (Phi) is 11.6. The number of likely N-dealkylation sites (tertiary alicyclic amines) is 1. The number of hydrogen-bond acceptors (Lipinski definition) is 7. The molecular weight excluding hydrogens is 639 g/mol. The van der Waals surface area contributed by atoms with Crippen molar-refractivity contribution in [3.05, 3.63) is 131 Å². The predicted octanol–water partition coefficient (Wildman–Crippen LogP) is 6.05. The van der Waals surface area contributed by atoms with E-state index in [2.05, 4.69) is 14.9 Å². The molecule has 49 heavy (non-hydrogen) atoms. The number of ether oxygens (including phenoxy) is 2. The maximum Gasteiger partial charge on any atom is 0.242 e. The number of carbonyl (C=O) groups excluding carboxylic acids is 1. The molecule has 2 heterocycles. The van der Waals surface area contributed by atoms with Gasteiger partial charge in [0.05, 0.1) is 23.7 Å². The van der Waals surface area contributed by atoms with E-state index in [1.807, 2.05) is 79.7 Å². The summed E-state index contributed by atoms with van der Waals surface area (Å²) in [6.07, 6.45) is 3.54. The average Bonchev–Trinajstić information content (AvgIpc) is 3.12. The molecule has 2 aliphatic heterocycles.